The second kappa shape index (κ2) is 6.21. The molecule has 1 atom stereocenters. The first-order valence-electron chi connectivity index (χ1n) is 6.59. The number of hydrogen-bond donors (Lipinski definition) is 1. The van der Waals surface area contributed by atoms with Crippen molar-refractivity contribution < 1.29 is 0 Å². The van der Waals surface area contributed by atoms with Crippen molar-refractivity contribution in [2.75, 3.05) is 6.54 Å². The van der Waals surface area contributed by atoms with Gasteiger partial charge in [-0.1, -0.05) is 25.4 Å². The lowest BCUT2D eigenvalue weighted by Crippen LogP contribution is -2.25. The second-order valence-electron chi connectivity index (χ2n) is 4.56. The van der Waals surface area contributed by atoms with Crippen molar-refractivity contribution >= 4 is 11.6 Å². The van der Waals surface area contributed by atoms with Gasteiger partial charge in [-0.2, -0.15) is 5.10 Å². The van der Waals surface area contributed by atoms with Gasteiger partial charge < -0.3 is 9.88 Å². The predicted molar refractivity (Wildman–Crippen MR) is 76.3 cm³/mol. The zero-order valence-corrected chi connectivity index (χ0v) is 12.4. The zero-order chi connectivity index (χ0) is 13.8. The lowest BCUT2D eigenvalue weighted by atomic mass is 10.1. The highest BCUT2D eigenvalue weighted by Gasteiger charge is 2.23. The number of halogens is 1. The van der Waals surface area contributed by atoms with Crippen molar-refractivity contribution in [1.29, 1.82) is 0 Å². The van der Waals surface area contributed by atoms with Crippen LogP contribution in [0.4, 0.5) is 0 Å². The van der Waals surface area contributed by atoms with E-state index in [1.807, 2.05) is 22.5 Å². The summed E-state index contributed by atoms with van der Waals surface area (Å²) in [5, 5.41) is 8.47. The Hall–Kier alpha value is -1.33. The third kappa shape index (κ3) is 2.98. The van der Waals surface area contributed by atoms with Crippen molar-refractivity contribution in [1.82, 2.24) is 24.6 Å². The van der Waals surface area contributed by atoms with Crippen molar-refractivity contribution in [2.24, 2.45) is 7.05 Å². The Morgan fingerprint density at radius 1 is 1.42 bits per heavy atom. The van der Waals surface area contributed by atoms with Crippen LogP contribution in [0, 0.1) is 0 Å². The van der Waals surface area contributed by atoms with E-state index in [4.69, 9.17) is 11.6 Å². The maximum absolute atomic E-state index is 6.31. The minimum absolute atomic E-state index is 0.0206. The Balaban J connectivity index is 2.41. The molecule has 19 heavy (non-hydrogen) atoms. The van der Waals surface area contributed by atoms with Crippen LogP contribution >= 0.6 is 11.6 Å². The van der Waals surface area contributed by atoms with Gasteiger partial charge in [-0.05, 0) is 13.0 Å². The number of nitrogens with one attached hydrogen (secondary N) is 1. The van der Waals surface area contributed by atoms with Crippen LogP contribution in [-0.4, -0.2) is 25.9 Å². The van der Waals surface area contributed by atoms with Crippen LogP contribution in [0.2, 0.25) is 5.02 Å². The van der Waals surface area contributed by atoms with Gasteiger partial charge in [0.05, 0.1) is 35.0 Å². The van der Waals surface area contributed by atoms with Crippen molar-refractivity contribution in [3.63, 3.8) is 0 Å². The Kier molecular flexibility index (Phi) is 4.61. The highest BCUT2D eigenvalue weighted by Crippen LogP contribution is 2.27. The van der Waals surface area contributed by atoms with Gasteiger partial charge in [0, 0.05) is 19.8 Å². The van der Waals surface area contributed by atoms with Gasteiger partial charge in [0.1, 0.15) is 0 Å². The Labute approximate surface area is 118 Å². The minimum Gasteiger partial charge on any atom is -0.340 e. The van der Waals surface area contributed by atoms with E-state index in [-0.39, 0.29) is 6.04 Å². The first-order valence-corrected chi connectivity index (χ1v) is 6.97. The van der Waals surface area contributed by atoms with Gasteiger partial charge >= 0.3 is 0 Å². The molecule has 0 aliphatic carbocycles. The first kappa shape index (κ1) is 14.1. The lowest BCUT2D eigenvalue weighted by Gasteiger charge is -2.18. The van der Waals surface area contributed by atoms with Crippen molar-refractivity contribution in [3.05, 3.63) is 35.1 Å². The van der Waals surface area contributed by atoms with Crippen LogP contribution < -0.4 is 5.32 Å². The van der Waals surface area contributed by atoms with Crippen LogP contribution in [-0.2, 0) is 13.6 Å². The van der Waals surface area contributed by atoms with Crippen LogP contribution in [0.1, 0.15) is 37.7 Å². The molecule has 0 saturated heterocycles. The van der Waals surface area contributed by atoms with E-state index in [9.17, 15) is 0 Å². The standard InChI is InChI=1S/C13H20ClN5/c1-4-6-19-13(10(14)7-17-19)12(15-5-2)11-8-18(3)9-16-11/h7-9,12,15H,4-6H2,1-3H3. The van der Waals surface area contributed by atoms with E-state index in [0.29, 0.717) is 5.02 Å². The average Bonchev–Trinajstić information content (AvgIpc) is 2.95. The van der Waals surface area contributed by atoms with Gasteiger partial charge in [-0.15, -0.1) is 0 Å². The van der Waals surface area contributed by atoms with Crippen molar-refractivity contribution in [3.8, 4) is 0 Å². The normalized spacial score (nSPS) is 12.8. The summed E-state index contributed by atoms with van der Waals surface area (Å²) < 4.78 is 3.90. The predicted octanol–water partition coefficient (Wildman–Crippen LogP) is 2.38. The molecule has 104 valence electrons. The van der Waals surface area contributed by atoms with Gasteiger partial charge in [-0.25, -0.2) is 4.98 Å². The number of hydrogen-bond acceptors (Lipinski definition) is 3. The van der Waals surface area contributed by atoms with E-state index in [0.717, 1.165) is 30.9 Å². The molecule has 0 amide bonds. The van der Waals surface area contributed by atoms with Crippen LogP contribution in [0.15, 0.2) is 18.7 Å². The summed E-state index contributed by atoms with van der Waals surface area (Å²) >= 11 is 6.31. The molecule has 0 spiro atoms. The minimum atomic E-state index is -0.0206. The summed E-state index contributed by atoms with van der Waals surface area (Å²) in [5.41, 5.74) is 1.95. The summed E-state index contributed by atoms with van der Waals surface area (Å²) in [7, 11) is 1.96. The molecule has 0 fully saturated rings. The smallest absolute Gasteiger partial charge is 0.0952 e. The molecule has 0 saturated carbocycles. The molecule has 0 aliphatic rings. The fraction of sp³-hybridized carbons (Fsp3) is 0.538. The number of aryl methyl sites for hydroxylation is 2. The maximum atomic E-state index is 6.31. The Morgan fingerprint density at radius 3 is 2.79 bits per heavy atom. The summed E-state index contributed by atoms with van der Waals surface area (Å²) in [6, 6.07) is -0.0206. The monoisotopic (exact) mass is 281 g/mol. The first-order chi connectivity index (χ1) is 9.17. The Bertz CT molecular complexity index is 531. The molecule has 1 unspecified atom stereocenters. The molecule has 0 aliphatic heterocycles. The van der Waals surface area contributed by atoms with Crippen LogP contribution in [0.5, 0.6) is 0 Å². The average molecular weight is 282 g/mol. The number of nitrogens with zero attached hydrogens (tertiary/aromatic N) is 4. The molecular weight excluding hydrogens is 262 g/mol. The maximum Gasteiger partial charge on any atom is 0.0952 e. The van der Waals surface area contributed by atoms with Gasteiger partial charge in [-0.3, -0.25) is 4.68 Å². The van der Waals surface area contributed by atoms with Gasteiger partial charge in [0.15, 0.2) is 0 Å². The zero-order valence-electron chi connectivity index (χ0n) is 11.6. The molecule has 6 heteroatoms. The van der Waals surface area contributed by atoms with Gasteiger partial charge in [0.2, 0.25) is 0 Å². The second-order valence-corrected chi connectivity index (χ2v) is 4.96. The molecule has 0 aromatic carbocycles. The highest BCUT2D eigenvalue weighted by molar-refractivity contribution is 6.31. The van der Waals surface area contributed by atoms with Crippen molar-refractivity contribution in [2.45, 2.75) is 32.9 Å². The number of imidazole rings is 1. The third-order valence-electron chi connectivity index (χ3n) is 2.97. The SMILES string of the molecule is CCCn1ncc(Cl)c1C(NCC)c1cn(C)cn1. The summed E-state index contributed by atoms with van der Waals surface area (Å²) in [5.74, 6) is 0. The summed E-state index contributed by atoms with van der Waals surface area (Å²) in [6.45, 7) is 5.90. The molecule has 0 bridgehead atoms. The topological polar surface area (TPSA) is 47.7 Å². The lowest BCUT2D eigenvalue weighted by molar-refractivity contribution is 0.515. The molecule has 0 radical (unpaired) electrons. The van der Waals surface area contributed by atoms with E-state index >= 15 is 0 Å². The Morgan fingerprint density at radius 2 is 2.21 bits per heavy atom. The number of aromatic nitrogens is 4. The molecule has 2 rings (SSSR count). The van der Waals surface area contributed by atoms with Gasteiger partial charge in [0.25, 0.3) is 0 Å². The van der Waals surface area contributed by atoms with Crippen LogP contribution in [0.25, 0.3) is 0 Å². The van der Waals surface area contributed by atoms with E-state index < -0.39 is 0 Å². The molecule has 1 N–H and O–H groups in total. The fourth-order valence-corrected chi connectivity index (χ4v) is 2.43. The highest BCUT2D eigenvalue weighted by atomic mass is 35.5. The summed E-state index contributed by atoms with van der Waals surface area (Å²) in [4.78, 5) is 4.43. The van der Waals surface area contributed by atoms with Crippen LogP contribution in [0.3, 0.4) is 0 Å². The van der Waals surface area contributed by atoms with E-state index in [2.05, 4.69) is 29.2 Å². The number of rotatable bonds is 6. The fourth-order valence-electron chi connectivity index (χ4n) is 2.18. The van der Waals surface area contributed by atoms with E-state index in [1.165, 1.54) is 0 Å². The molecule has 2 aromatic rings. The molecule has 5 nitrogen and oxygen atoms in total. The quantitative estimate of drug-likeness (QED) is 0.884. The summed E-state index contributed by atoms with van der Waals surface area (Å²) in [6.07, 6.45) is 6.53. The molecule has 2 aromatic heterocycles. The van der Waals surface area contributed by atoms with E-state index in [1.54, 1.807) is 12.5 Å². The third-order valence-corrected chi connectivity index (χ3v) is 3.26. The largest absolute Gasteiger partial charge is 0.340 e. The molecular formula is C13H20ClN5. The molecule has 2 heterocycles.